The van der Waals surface area contributed by atoms with Crippen LogP contribution in [0.4, 0.5) is 4.39 Å². The minimum Gasteiger partial charge on any atom is -0.477 e. The Morgan fingerprint density at radius 1 is 1.40 bits per heavy atom. The number of rotatable bonds is 1. The summed E-state index contributed by atoms with van der Waals surface area (Å²) in [7, 11) is 0. The van der Waals surface area contributed by atoms with Gasteiger partial charge < -0.3 is 14.6 Å². The molecule has 0 fully saturated rings. The van der Waals surface area contributed by atoms with Crippen molar-refractivity contribution in [2.45, 2.75) is 25.2 Å². The fourth-order valence-corrected chi connectivity index (χ4v) is 2.48. The summed E-state index contributed by atoms with van der Waals surface area (Å²) < 4.78 is 24.4. The third-order valence-electron chi connectivity index (χ3n) is 3.40. The number of hydrogen-bond acceptors (Lipinski definition) is 3. The number of aliphatic carboxylic acids is 1. The number of carboxylic acids is 1. The molecule has 4 nitrogen and oxygen atoms in total. The van der Waals surface area contributed by atoms with E-state index in [9.17, 15) is 9.18 Å². The van der Waals surface area contributed by atoms with Crippen molar-refractivity contribution in [2.75, 3.05) is 0 Å². The molecule has 3 rings (SSSR count). The molecule has 5 heteroatoms. The molecule has 20 heavy (non-hydrogen) atoms. The van der Waals surface area contributed by atoms with Crippen molar-refractivity contribution in [1.82, 2.24) is 0 Å². The smallest absolute Gasteiger partial charge is 0.373 e. The summed E-state index contributed by atoms with van der Waals surface area (Å²) in [5, 5.41) is 9.05. The van der Waals surface area contributed by atoms with E-state index in [0.29, 0.717) is 5.57 Å². The summed E-state index contributed by atoms with van der Waals surface area (Å²) in [4.78, 5) is 11.1. The number of fused-ring (bicyclic) bond motifs is 2. The second-order valence-electron chi connectivity index (χ2n) is 4.68. The van der Waals surface area contributed by atoms with Gasteiger partial charge in [0, 0.05) is 5.57 Å². The molecule has 0 amide bonds. The van der Waals surface area contributed by atoms with Crippen LogP contribution in [0.25, 0.3) is 0 Å². The minimum atomic E-state index is -1.52. The lowest BCUT2D eigenvalue weighted by molar-refractivity contribution is -0.183. The predicted octanol–water partition coefficient (Wildman–Crippen LogP) is 2.77. The first-order valence-corrected chi connectivity index (χ1v) is 6.34. The second kappa shape index (κ2) is 5.09. The molecule has 0 radical (unpaired) electrons. The molecule has 0 bridgehead atoms. The molecule has 0 aromatic carbocycles. The van der Waals surface area contributed by atoms with Crippen molar-refractivity contribution in [2.24, 2.45) is 0 Å². The average Bonchev–Trinajstić information content (AvgIpc) is 2.42. The van der Waals surface area contributed by atoms with Crippen LogP contribution in [0.2, 0.25) is 0 Å². The Morgan fingerprint density at radius 3 is 3.05 bits per heavy atom. The molecule has 0 saturated heterocycles. The molecule has 2 atom stereocenters. The van der Waals surface area contributed by atoms with Crippen LogP contribution in [0.3, 0.4) is 0 Å². The van der Waals surface area contributed by atoms with Gasteiger partial charge >= 0.3 is 5.97 Å². The first-order valence-electron chi connectivity index (χ1n) is 6.34. The van der Waals surface area contributed by atoms with Gasteiger partial charge in [-0.25, -0.2) is 9.18 Å². The van der Waals surface area contributed by atoms with Gasteiger partial charge in [-0.1, -0.05) is 24.3 Å². The van der Waals surface area contributed by atoms with Crippen LogP contribution in [-0.2, 0) is 14.3 Å². The van der Waals surface area contributed by atoms with E-state index < -0.39 is 24.2 Å². The number of allylic oxidation sites excluding steroid dienone is 6. The summed E-state index contributed by atoms with van der Waals surface area (Å²) in [6, 6.07) is 0. The molecule has 1 N–H and O–H groups in total. The first-order chi connectivity index (χ1) is 9.66. The Kier molecular flexibility index (Phi) is 3.28. The molecular formula is C15H13FO4. The van der Waals surface area contributed by atoms with Crippen LogP contribution in [0, 0.1) is 0 Å². The summed E-state index contributed by atoms with van der Waals surface area (Å²) in [5.74, 6) is -1.80. The van der Waals surface area contributed by atoms with Crippen molar-refractivity contribution in [1.29, 1.82) is 0 Å². The molecule has 2 unspecified atom stereocenters. The van der Waals surface area contributed by atoms with Crippen LogP contribution < -0.4 is 0 Å². The highest BCUT2D eigenvalue weighted by Gasteiger charge is 2.33. The standard InChI is InChI=1S/C15H13FO4/c16-12-7-3-6-11-10-5-2-1-4-9(10)8-19-15(14(17)18)20-13(11)12/h1,3-4,6-8,13,15H,2,5H2,(H,17,18)/b9-8?,11-10-. The molecule has 0 saturated carbocycles. The van der Waals surface area contributed by atoms with Crippen molar-refractivity contribution >= 4 is 5.97 Å². The highest BCUT2D eigenvalue weighted by atomic mass is 19.1. The number of hydrogen-bond donors (Lipinski definition) is 1. The highest BCUT2D eigenvalue weighted by molar-refractivity contribution is 5.71. The molecule has 0 aromatic heterocycles. The van der Waals surface area contributed by atoms with Gasteiger partial charge in [-0.05, 0) is 30.1 Å². The zero-order valence-corrected chi connectivity index (χ0v) is 10.6. The van der Waals surface area contributed by atoms with Gasteiger partial charge in [0.25, 0.3) is 6.29 Å². The Labute approximate surface area is 115 Å². The van der Waals surface area contributed by atoms with E-state index in [0.717, 1.165) is 24.0 Å². The van der Waals surface area contributed by atoms with Gasteiger partial charge in [0.1, 0.15) is 11.9 Å². The fraction of sp³-hybridized carbons (Fsp3) is 0.267. The summed E-state index contributed by atoms with van der Waals surface area (Å²) >= 11 is 0. The van der Waals surface area contributed by atoms with Crippen molar-refractivity contribution in [3.63, 3.8) is 0 Å². The zero-order chi connectivity index (χ0) is 14.1. The Balaban J connectivity index is 2.10. The van der Waals surface area contributed by atoms with Gasteiger partial charge in [-0.3, -0.25) is 0 Å². The molecule has 2 aliphatic carbocycles. The number of ether oxygens (including phenoxy) is 2. The molecule has 1 heterocycles. The van der Waals surface area contributed by atoms with E-state index in [1.807, 2.05) is 12.2 Å². The van der Waals surface area contributed by atoms with E-state index in [-0.39, 0.29) is 0 Å². The molecule has 3 aliphatic rings. The molecular weight excluding hydrogens is 263 g/mol. The van der Waals surface area contributed by atoms with Gasteiger partial charge in [-0.15, -0.1) is 0 Å². The Morgan fingerprint density at radius 2 is 2.25 bits per heavy atom. The number of carboxylic acid groups (broad SMARTS) is 1. The van der Waals surface area contributed by atoms with Crippen LogP contribution >= 0.6 is 0 Å². The number of halogens is 1. The lowest BCUT2D eigenvalue weighted by Crippen LogP contribution is -2.34. The van der Waals surface area contributed by atoms with Crippen LogP contribution in [-0.4, -0.2) is 23.5 Å². The molecule has 104 valence electrons. The molecule has 0 aromatic rings. The first kappa shape index (κ1) is 12.9. The number of carbonyl (C=O) groups is 1. The normalized spacial score (nSPS) is 32.0. The Hall–Kier alpha value is -2.14. The predicted molar refractivity (Wildman–Crippen MR) is 69.2 cm³/mol. The van der Waals surface area contributed by atoms with Crippen LogP contribution in [0.1, 0.15) is 12.8 Å². The second-order valence-corrected chi connectivity index (χ2v) is 4.68. The quantitative estimate of drug-likeness (QED) is 0.800. The molecule has 0 spiro atoms. The van der Waals surface area contributed by atoms with E-state index in [4.69, 9.17) is 14.6 Å². The average molecular weight is 276 g/mol. The van der Waals surface area contributed by atoms with E-state index in [1.54, 1.807) is 12.2 Å². The largest absolute Gasteiger partial charge is 0.477 e. The van der Waals surface area contributed by atoms with Crippen molar-refractivity contribution in [3.05, 3.63) is 59.2 Å². The summed E-state index contributed by atoms with van der Waals surface area (Å²) in [6.45, 7) is 0. The fourth-order valence-electron chi connectivity index (χ4n) is 2.48. The highest BCUT2D eigenvalue weighted by Crippen LogP contribution is 2.35. The SMILES string of the molecule is O=C(O)C1OC=C2C=CCC/C2=C2\C=CC=C(F)C2O1. The van der Waals surface area contributed by atoms with Crippen LogP contribution in [0.5, 0.6) is 0 Å². The van der Waals surface area contributed by atoms with Crippen molar-refractivity contribution in [3.8, 4) is 0 Å². The monoisotopic (exact) mass is 276 g/mol. The Bertz CT molecular complexity index is 595. The third-order valence-corrected chi connectivity index (χ3v) is 3.40. The van der Waals surface area contributed by atoms with Crippen molar-refractivity contribution < 1.29 is 23.8 Å². The maximum atomic E-state index is 14.0. The lowest BCUT2D eigenvalue weighted by atomic mass is 9.87. The minimum absolute atomic E-state index is 0.513. The maximum absolute atomic E-state index is 14.0. The van der Waals surface area contributed by atoms with Crippen LogP contribution in [0.15, 0.2) is 59.2 Å². The van der Waals surface area contributed by atoms with E-state index >= 15 is 0 Å². The van der Waals surface area contributed by atoms with E-state index in [1.165, 1.54) is 12.3 Å². The van der Waals surface area contributed by atoms with Gasteiger partial charge in [0.15, 0.2) is 0 Å². The third kappa shape index (κ3) is 2.20. The maximum Gasteiger partial charge on any atom is 0.373 e. The topological polar surface area (TPSA) is 55.8 Å². The zero-order valence-electron chi connectivity index (χ0n) is 10.6. The summed E-state index contributed by atoms with van der Waals surface area (Å²) in [5.41, 5.74) is 2.36. The van der Waals surface area contributed by atoms with E-state index in [2.05, 4.69) is 0 Å². The van der Waals surface area contributed by atoms with Gasteiger partial charge in [0.2, 0.25) is 0 Å². The van der Waals surface area contributed by atoms with Gasteiger partial charge in [-0.2, -0.15) is 0 Å². The summed E-state index contributed by atoms with van der Waals surface area (Å²) in [6.07, 6.45) is 8.90. The lowest BCUT2D eigenvalue weighted by Gasteiger charge is -2.29. The molecule has 1 aliphatic heterocycles. The van der Waals surface area contributed by atoms with Gasteiger partial charge in [0.05, 0.1) is 6.26 Å².